The van der Waals surface area contributed by atoms with Crippen molar-refractivity contribution in [2.45, 2.75) is 33.1 Å². The van der Waals surface area contributed by atoms with Gasteiger partial charge in [0.05, 0.1) is 0 Å². The summed E-state index contributed by atoms with van der Waals surface area (Å²) >= 11 is 3.49. The predicted molar refractivity (Wildman–Crippen MR) is 69.5 cm³/mol. The molecule has 1 aliphatic carbocycles. The molecule has 0 spiro atoms. The lowest BCUT2D eigenvalue weighted by Gasteiger charge is -2.25. The topological polar surface area (TPSA) is 17.1 Å². The van der Waals surface area contributed by atoms with Crippen LogP contribution in [-0.4, -0.2) is 5.78 Å². The zero-order valence-electron chi connectivity index (χ0n) is 9.79. The van der Waals surface area contributed by atoms with Gasteiger partial charge in [-0.05, 0) is 42.5 Å². The summed E-state index contributed by atoms with van der Waals surface area (Å²) < 4.78 is 1.14. The molecule has 0 bridgehead atoms. The molecule has 86 valence electrons. The third-order valence-electron chi connectivity index (χ3n) is 3.37. The molecule has 1 nitrogen and oxygen atoms in total. The summed E-state index contributed by atoms with van der Waals surface area (Å²) in [6, 6.07) is 6.41. The maximum Gasteiger partial charge on any atom is 0.138 e. The van der Waals surface area contributed by atoms with Crippen LogP contribution in [0.3, 0.4) is 0 Å². The average molecular weight is 281 g/mol. The fourth-order valence-electron chi connectivity index (χ4n) is 2.44. The van der Waals surface area contributed by atoms with Crippen molar-refractivity contribution >= 4 is 21.7 Å². The molecule has 0 saturated heterocycles. The third kappa shape index (κ3) is 2.37. The van der Waals surface area contributed by atoms with Gasteiger partial charge in [-0.1, -0.05) is 35.8 Å². The van der Waals surface area contributed by atoms with E-state index in [1.165, 1.54) is 11.1 Å². The maximum absolute atomic E-state index is 12.0. The Morgan fingerprint density at radius 2 is 2.12 bits per heavy atom. The Morgan fingerprint density at radius 3 is 2.81 bits per heavy atom. The van der Waals surface area contributed by atoms with Gasteiger partial charge < -0.3 is 0 Å². The van der Waals surface area contributed by atoms with E-state index >= 15 is 0 Å². The highest BCUT2D eigenvalue weighted by Gasteiger charge is 2.25. The fraction of sp³-hybridized carbons (Fsp3) is 0.500. The van der Waals surface area contributed by atoms with Crippen molar-refractivity contribution in [1.29, 1.82) is 0 Å². The lowest BCUT2D eigenvalue weighted by Crippen LogP contribution is -2.26. The SMILES string of the molecule is CC(C)C(=O)C1CCc2cc(Br)ccc2C1. The molecule has 0 saturated carbocycles. The van der Waals surface area contributed by atoms with Crippen LogP contribution in [0.1, 0.15) is 31.4 Å². The largest absolute Gasteiger partial charge is 0.299 e. The van der Waals surface area contributed by atoms with Gasteiger partial charge in [-0.15, -0.1) is 0 Å². The number of halogens is 1. The van der Waals surface area contributed by atoms with Crippen molar-refractivity contribution in [1.82, 2.24) is 0 Å². The Balaban J connectivity index is 2.18. The summed E-state index contributed by atoms with van der Waals surface area (Å²) in [6.45, 7) is 4.00. The van der Waals surface area contributed by atoms with Crippen molar-refractivity contribution in [3.05, 3.63) is 33.8 Å². The highest BCUT2D eigenvalue weighted by atomic mass is 79.9. The zero-order valence-corrected chi connectivity index (χ0v) is 11.4. The van der Waals surface area contributed by atoms with Crippen molar-refractivity contribution in [3.8, 4) is 0 Å². The molecular weight excluding hydrogens is 264 g/mol. The van der Waals surface area contributed by atoms with Crippen LogP contribution in [0.15, 0.2) is 22.7 Å². The van der Waals surface area contributed by atoms with Gasteiger partial charge in [0.15, 0.2) is 0 Å². The summed E-state index contributed by atoms with van der Waals surface area (Å²) in [4.78, 5) is 12.0. The molecule has 0 N–H and O–H groups in total. The van der Waals surface area contributed by atoms with Crippen LogP contribution in [0.2, 0.25) is 0 Å². The van der Waals surface area contributed by atoms with Crippen LogP contribution in [0.4, 0.5) is 0 Å². The van der Waals surface area contributed by atoms with Crippen molar-refractivity contribution in [3.63, 3.8) is 0 Å². The molecule has 0 amide bonds. The van der Waals surface area contributed by atoms with Gasteiger partial charge in [0.1, 0.15) is 5.78 Å². The first-order chi connectivity index (χ1) is 7.58. The van der Waals surface area contributed by atoms with Crippen LogP contribution in [-0.2, 0) is 17.6 Å². The summed E-state index contributed by atoms with van der Waals surface area (Å²) in [7, 11) is 0. The lowest BCUT2D eigenvalue weighted by atomic mass is 9.79. The minimum atomic E-state index is 0.169. The first kappa shape index (κ1) is 11.8. The van der Waals surface area contributed by atoms with Crippen LogP contribution in [0, 0.1) is 11.8 Å². The van der Waals surface area contributed by atoms with Gasteiger partial charge >= 0.3 is 0 Å². The van der Waals surface area contributed by atoms with E-state index in [0.717, 1.165) is 23.7 Å². The zero-order chi connectivity index (χ0) is 11.7. The number of carbonyl (C=O) groups is 1. The van der Waals surface area contributed by atoms with E-state index in [4.69, 9.17) is 0 Å². The number of rotatable bonds is 2. The van der Waals surface area contributed by atoms with Crippen LogP contribution in [0.25, 0.3) is 0 Å². The molecule has 1 aliphatic rings. The van der Waals surface area contributed by atoms with E-state index in [1.54, 1.807) is 0 Å². The molecule has 16 heavy (non-hydrogen) atoms. The molecule has 0 heterocycles. The fourth-order valence-corrected chi connectivity index (χ4v) is 2.85. The van der Waals surface area contributed by atoms with E-state index < -0.39 is 0 Å². The van der Waals surface area contributed by atoms with Crippen LogP contribution < -0.4 is 0 Å². The Hall–Kier alpha value is -0.630. The number of Topliss-reactive ketones (excluding diaryl/α,β-unsaturated/α-hetero) is 1. The smallest absolute Gasteiger partial charge is 0.138 e. The number of carbonyl (C=O) groups excluding carboxylic acids is 1. The molecule has 1 atom stereocenters. The van der Waals surface area contributed by atoms with E-state index in [9.17, 15) is 4.79 Å². The molecular formula is C14H17BrO. The normalized spacial score (nSPS) is 19.6. The maximum atomic E-state index is 12.0. The third-order valence-corrected chi connectivity index (χ3v) is 3.86. The molecule has 0 radical (unpaired) electrons. The van der Waals surface area contributed by atoms with E-state index in [2.05, 4.69) is 34.1 Å². The van der Waals surface area contributed by atoms with Crippen LogP contribution >= 0.6 is 15.9 Å². The molecule has 1 unspecified atom stereocenters. The van der Waals surface area contributed by atoms with E-state index in [-0.39, 0.29) is 11.8 Å². The Labute approximate surface area is 105 Å². The molecule has 0 fully saturated rings. The Kier molecular flexibility index (Phi) is 3.48. The highest BCUT2D eigenvalue weighted by Crippen LogP contribution is 2.29. The lowest BCUT2D eigenvalue weighted by molar-refractivity contribution is -0.126. The minimum Gasteiger partial charge on any atom is -0.299 e. The molecule has 2 rings (SSSR count). The molecule has 1 aromatic carbocycles. The van der Waals surface area contributed by atoms with Gasteiger partial charge in [0.2, 0.25) is 0 Å². The van der Waals surface area contributed by atoms with E-state index in [1.807, 2.05) is 13.8 Å². The van der Waals surface area contributed by atoms with Crippen molar-refractivity contribution in [2.24, 2.45) is 11.8 Å². The highest BCUT2D eigenvalue weighted by molar-refractivity contribution is 9.10. The molecule has 0 aromatic heterocycles. The summed E-state index contributed by atoms with van der Waals surface area (Å²) in [5.74, 6) is 0.837. The molecule has 2 heteroatoms. The van der Waals surface area contributed by atoms with Gasteiger partial charge in [-0.2, -0.15) is 0 Å². The molecule has 1 aromatic rings. The standard InChI is InChI=1S/C14H17BrO/c1-9(2)14(16)12-4-3-11-8-13(15)6-5-10(11)7-12/h5-6,8-9,12H,3-4,7H2,1-2H3. The van der Waals surface area contributed by atoms with Crippen molar-refractivity contribution < 1.29 is 4.79 Å². The van der Waals surface area contributed by atoms with Gasteiger partial charge in [-0.3, -0.25) is 4.79 Å². The quantitative estimate of drug-likeness (QED) is 0.806. The summed E-state index contributed by atoms with van der Waals surface area (Å²) in [6.07, 6.45) is 2.98. The number of ketones is 1. The monoisotopic (exact) mass is 280 g/mol. The number of hydrogen-bond donors (Lipinski definition) is 0. The second-order valence-electron chi connectivity index (χ2n) is 4.91. The van der Waals surface area contributed by atoms with E-state index in [0.29, 0.717) is 5.78 Å². The van der Waals surface area contributed by atoms with Crippen LogP contribution in [0.5, 0.6) is 0 Å². The number of hydrogen-bond acceptors (Lipinski definition) is 1. The molecule has 0 aliphatic heterocycles. The first-order valence-electron chi connectivity index (χ1n) is 5.89. The number of benzene rings is 1. The predicted octanol–water partition coefficient (Wildman–Crippen LogP) is 3.78. The van der Waals surface area contributed by atoms with Gasteiger partial charge in [-0.25, -0.2) is 0 Å². The second kappa shape index (κ2) is 4.70. The second-order valence-corrected chi connectivity index (χ2v) is 5.83. The Bertz CT molecular complexity index is 409. The van der Waals surface area contributed by atoms with Gasteiger partial charge in [0.25, 0.3) is 0 Å². The minimum absolute atomic E-state index is 0.169. The summed E-state index contributed by atoms with van der Waals surface area (Å²) in [5, 5.41) is 0. The van der Waals surface area contributed by atoms with Crippen molar-refractivity contribution in [2.75, 3.05) is 0 Å². The first-order valence-corrected chi connectivity index (χ1v) is 6.68. The number of fused-ring (bicyclic) bond motifs is 1. The Morgan fingerprint density at radius 1 is 1.38 bits per heavy atom. The number of aryl methyl sites for hydroxylation is 1. The summed E-state index contributed by atoms with van der Waals surface area (Å²) in [5.41, 5.74) is 2.76. The van der Waals surface area contributed by atoms with Gasteiger partial charge in [0, 0.05) is 16.3 Å². The average Bonchev–Trinajstić information content (AvgIpc) is 2.27.